The molecule has 4 atom stereocenters. The molecule has 3 aliphatic rings. The molecular formula is C27H32BrF5N4O4. The van der Waals surface area contributed by atoms with Crippen molar-refractivity contribution in [2.75, 3.05) is 26.2 Å². The van der Waals surface area contributed by atoms with Gasteiger partial charge < -0.3 is 19.1 Å². The van der Waals surface area contributed by atoms with Crippen LogP contribution in [0.15, 0.2) is 10.5 Å². The minimum atomic E-state index is -4.87. The van der Waals surface area contributed by atoms with Gasteiger partial charge in [0.15, 0.2) is 5.82 Å². The molecule has 3 fully saturated rings. The number of carbonyl (C=O) groups excluding carboxylic acids is 1. The summed E-state index contributed by atoms with van der Waals surface area (Å²) in [5, 5.41) is -0.293. The number of likely N-dealkylation sites (tertiary alicyclic amines) is 1. The molecule has 0 aliphatic carbocycles. The van der Waals surface area contributed by atoms with Crippen LogP contribution >= 0.6 is 15.9 Å². The van der Waals surface area contributed by atoms with Gasteiger partial charge in [-0.2, -0.15) is 23.1 Å². The van der Waals surface area contributed by atoms with Crippen molar-refractivity contribution >= 4 is 32.9 Å². The summed E-state index contributed by atoms with van der Waals surface area (Å²) in [6, 6.07) is -0.0849. The minimum absolute atomic E-state index is 0.0358. The Kier molecular flexibility index (Phi) is 7.80. The lowest BCUT2D eigenvalue weighted by molar-refractivity contribution is -0.138. The first-order chi connectivity index (χ1) is 19.1. The predicted octanol–water partition coefficient (Wildman–Crippen LogP) is 6.28. The Bertz CT molecular complexity index is 1340. The molecule has 1 aromatic carbocycles. The summed E-state index contributed by atoms with van der Waals surface area (Å²) < 4.78 is 87.6. The summed E-state index contributed by atoms with van der Waals surface area (Å²) in [6.45, 7) is 8.28. The van der Waals surface area contributed by atoms with Crippen molar-refractivity contribution in [1.29, 1.82) is 0 Å². The van der Waals surface area contributed by atoms with Gasteiger partial charge in [-0.1, -0.05) is 0 Å². The fraction of sp³-hybridized carbons (Fsp3) is 0.667. The number of carbonyl (C=O) groups is 1. The van der Waals surface area contributed by atoms with Gasteiger partial charge in [0, 0.05) is 25.9 Å². The SMILES string of the molecule is C[C@@H]1[C@H](Oc2nc(OC[C@@]34CCCN3C[C@H](F)C4)nc3c(F)c(Br)c(C(F)(F)F)cc23)CCN1C(=O)OC(C)(C)C. The number of nitrogens with zero attached hydrogens (tertiary/aromatic N) is 4. The van der Waals surface area contributed by atoms with Gasteiger partial charge in [0.2, 0.25) is 5.88 Å². The number of alkyl halides is 4. The summed E-state index contributed by atoms with van der Waals surface area (Å²) in [7, 11) is 0. The lowest BCUT2D eigenvalue weighted by atomic mass is 9.95. The second kappa shape index (κ2) is 10.7. The van der Waals surface area contributed by atoms with Crippen LogP contribution < -0.4 is 9.47 Å². The van der Waals surface area contributed by atoms with Crippen LogP contribution in [-0.2, 0) is 10.9 Å². The Morgan fingerprint density at radius 1 is 1.22 bits per heavy atom. The molecule has 3 aliphatic heterocycles. The fourth-order valence-corrected chi connectivity index (χ4v) is 6.48. The molecule has 1 amide bonds. The van der Waals surface area contributed by atoms with E-state index in [1.54, 1.807) is 27.7 Å². The van der Waals surface area contributed by atoms with Crippen LogP contribution in [-0.4, -0.2) is 81.6 Å². The third-order valence-corrected chi connectivity index (χ3v) is 8.70. The molecule has 5 rings (SSSR count). The van der Waals surface area contributed by atoms with Gasteiger partial charge in [0.1, 0.15) is 30.0 Å². The van der Waals surface area contributed by atoms with Crippen LogP contribution in [0.5, 0.6) is 11.9 Å². The molecule has 1 aromatic heterocycles. The van der Waals surface area contributed by atoms with E-state index in [0.717, 1.165) is 19.0 Å². The van der Waals surface area contributed by atoms with E-state index >= 15 is 4.39 Å². The highest BCUT2D eigenvalue weighted by atomic mass is 79.9. The molecule has 0 saturated carbocycles. The van der Waals surface area contributed by atoms with Gasteiger partial charge in [0.05, 0.1) is 27.0 Å². The third-order valence-electron chi connectivity index (χ3n) is 7.93. The van der Waals surface area contributed by atoms with Crippen LogP contribution in [0, 0.1) is 5.82 Å². The summed E-state index contributed by atoms with van der Waals surface area (Å²) in [6.07, 6.45) is -4.91. The number of hydrogen-bond donors (Lipinski definition) is 0. The second-order valence-corrected chi connectivity index (χ2v) is 12.8. The first-order valence-electron chi connectivity index (χ1n) is 13.5. The van der Waals surface area contributed by atoms with Crippen LogP contribution in [0.1, 0.15) is 58.9 Å². The zero-order chi connectivity index (χ0) is 29.9. The van der Waals surface area contributed by atoms with Gasteiger partial charge in [-0.05, 0) is 69.1 Å². The molecule has 14 heteroatoms. The van der Waals surface area contributed by atoms with E-state index in [4.69, 9.17) is 14.2 Å². The highest BCUT2D eigenvalue weighted by Gasteiger charge is 2.49. The van der Waals surface area contributed by atoms with E-state index in [0.29, 0.717) is 19.4 Å². The smallest absolute Gasteiger partial charge is 0.417 e. The zero-order valence-electron chi connectivity index (χ0n) is 23.2. The third kappa shape index (κ3) is 5.91. The van der Waals surface area contributed by atoms with Crippen molar-refractivity contribution in [2.45, 2.75) is 89.0 Å². The van der Waals surface area contributed by atoms with Crippen molar-refractivity contribution in [3.05, 3.63) is 21.9 Å². The standard InChI is InChI=1S/C27H32BrF5N4O4/c1-14-18(6-9-37(14)24(38)41-25(2,3)4)40-22-16-10-17(27(31,32)33)19(28)20(30)21(16)34-23(35-22)39-13-26-7-5-8-36(26)12-15(29)11-26/h10,14-15,18H,5-9,11-13H2,1-4H3/t14-,15-,18-,26+/m1/s1. The molecule has 41 heavy (non-hydrogen) atoms. The molecule has 0 spiro atoms. The van der Waals surface area contributed by atoms with E-state index in [1.807, 2.05) is 4.90 Å². The molecule has 0 bridgehead atoms. The maximum absolute atomic E-state index is 15.4. The molecule has 0 N–H and O–H groups in total. The molecule has 4 heterocycles. The predicted molar refractivity (Wildman–Crippen MR) is 142 cm³/mol. The molecule has 2 aromatic rings. The van der Waals surface area contributed by atoms with Crippen LogP contribution in [0.3, 0.4) is 0 Å². The van der Waals surface area contributed by atoms with E-state index in [1.165, 1.54) is 4.90 Å². The first-order valence-corrected chi connectivity index (χ1v) is 14.3. The minimum Gasteiger partial charge on any atom is -0.471 e. The number of fused-ring (bicyclic) bond motifs is 2. The lowest BCUT2D eigenvalue weighted by Crippen LogP contribution is -2.43. The number of rotatable bonds is 5. The molecule has 0 radical (unpaired) electrons. The maximum atomic E-state index is 15.4. The summed E-state index contributed by atoms with van der Waals surface area (Å²) in [5.41, 5.74) is -2.94. The summed E-state index contributed by atoms with van der Waals surface area (Å²) in [5.74, 6) is -1.55. The Hall–Kier alpha value is -2.48. The molecular weight excluding hydrogens is 619 g/mol. The lowest BCUT2D eigenvalue weighted by Gasteiger charge is -2.31. The van der Waals surface area contributed by atoms with Crippen molar-refractivity contribution < 1.29 is 41.0 Å². The number of ether oxygens (including phenoxy) is 3. The number of benzene rings is 1. The Morgan fingerprint density at radius 3 is 2.63 bits per heavy atom. The number of hydrogen-bond acceptors (Lipinski definition) is 7. The Morgan fingerprint density at radius 2 is 1.95 bits per heavy atom. The molecule has 8 nitrogen and oxygen atoms in total. The highest BCUT2D eigenvalue weighted by molar-refractivity contribution is 9.10. The Balaban J connectivity index is 1.49. The van der Waals surface area contributed by atoms with Crippen molar-refractivity contribution in [3.8, 4) is 11.9 Å². The van der Waals surface area contributed by atoms with Gasteiger partial charge in [-0.3, -0.25) is 4.90 Å². The normalized spacial score (nSPS) is 27.0. The largest absolute Gasteiger partial charge is 0.471 e. The van der Waals surface area contributed by atoms with Crippen LogP contribution in [0.2, 0.25) is 0 Å². The monoisotopic (exact) mass is 650 g/mol. The van der Waals surface area contributed by atoms with Gasteiger partial charge in [-0.15, -0.1) is 0 Å². The fourth-order valence-electron chi connectivity index (χ4n) is 5.96. The van der Waals surface area contributed by atoms with Gasteiger partial charge in [-0.25, -0.2) is 13.6 Å². The molecule has 226 valence electrons. The van der Waals surface area contributed by atoms with Crippen molar-refractivity contribution in [1.82, 2.24) is 19.8 Å². The quantitative estimate of drug-likeness (QED) is 0.353. The van der Waals surface area contributed by atoms with E-state index < -0.39 is 63.1 Å². The number of amides is 1. The summed E-state index contributed by atoms with van der Waals surface area (Å²) in [4.78, 5) is 24.5. The van der Waals surface area contributed by atoms with Crippen molar-refractivity contribution in [2.24, 2.45) is 0 Å². The van der Waals surface area contributed by atoms with Gasteiger partial charge in [0.25, 0.3) is 0 Å². The van der Waals surface area contributed by atoms with E-state index in [2.05, 4.69) is 25.9 Å². The van der Waals surface area contributed by atoms with Crippen LogP contribution in [0.4, 0.5) is 26.7 Å². The number of halogens is 6. The Labute approximate surface area is 242 Å². The average molecular weight is 651 g/mol. The molecule has 3 saturated heterocycles. The van der Waals surface area contributed by atoms with E-state index in [9.17, 15) is 22.4 Å². The topological polar surface area (TPSA) is 77.0 Å². The highest BCUT2D eigenvalue weighted by Crippen LogP contribution is 2.43. The molecule has 0 unspecified atom stereocenters. The van der Waals surface area contributed by atoms with Crippen LogP contribution in [0.25, 0.3) is 10.9 Å². The van der Waals surface area contributed by atoms with E-state index in [-0.39, 0.29) is 36.8 Å². The zero-order valence-corrected chi connectivity index (χ0v) is 24.7. The van der Waals surface area contributed by atoms with Crippen molar-refractivity contribution in [3.63, 3.8) is 0 Å². The summed E-state index contributed by atoms with van der Waals surface area (Å²) >= 11 is 2.72. The second-order valence-electron chi connectivity index (χ2n) is 12.0. The first kappa shape index (κ1) is 30.0. The number of aromatic nitrogens is 2. The average Bonchev–Trinajstić information content (AvgIpc) is 3.50. The van der Waals surface area contributed by atoms with Gasteiger partial charge >= 0.3 is 18.3 Å². The maximum Gasteiger partial charge on any atom is 0.417 e.